The molecule has 0 spiro atoms. The first-order valence-electron chi connectivity index (χ1n) is 9.58. The Morgan fingerprint density at radius 2 is 1.70 bits per heavy atom. The van der Waals surface area contributed by atoms with Crippen LogP contribution in [0.5, 0.6) is 28.7 Å². The van der Waals surface area contributed by atoms with Gasteiger partial charge in [0.1, 0.15) is 0 Å². The van der Waals surface area contributed by atoms with Crippen molar-refractivity contribution in [3.05, 3.63) is 41.5 Å². The van der Waals surface area contributed by atoms with Gasteiger partial charge in [0.2, 0.25) is 12.5 Å². The summed E-state index contributed by atoms with van der Waals surface area (Å²) < 4.78 is 32.2. The van der Waals surface area contributed by atoms with Gasteiger partial charge in [-0.25, -0.2) is 0 Å². The van der Waals surface area contributed by atoms with Crippen molar-refractivity contribution < 1.29 is 38.3 Å². The SMILES string of the molecule is COc1cc(CC2C(=O)OCC2C(O)c2ccc3c(c2)OCO3)cc(OC)c1OC. The van der Waals surface area contributed by atoms with E-state index in [4.69, 9.17) is 28.4 Å². The van der Waals surface area contributed by atoms with Crippen LogP contribution in [0.2, 0.25) is 0 Å². The molecule has 3 unspecified atom stereocenters. The number of carbonyl (C=O) groups excluding carboxylic acids is 1. The average Bonchev–Trinajstić information content (AvgIpc) is 3.38. The molecule has 3 atom stereocenters. The third-order valence-electron chi connectivity index (χ3n) is 5.56. The fourth-order valence-electron chi connectivity index (χ4n) is 3.97. The molecule has 2 aromatic carbocycles. The molecule has 1 N–H and O–H groups in total. The van der Waals surface area contributed by atoms with E-state index in [1.807, 2.05) is 0 Å². The molecule has 2 aliphatic heterocycles. The van der Waals surface area contributed by atoms with Gasteiger partial charge in [0, 0.05) is 5.92 Å². The molecule has 0 saturated carbocycles. The minimum absolute atomic E-state index is 0.142. The number of aliphatic hydroxyl groups excluding tert-OH is 1. The minimum Gasteiger partial charge on any atom is -0.493 e. The van der Waals surface area contributed by atoms with Crippen LogP contribution in [0.4, 0.5) is 0 Å². The molecule has 1 saturated heterocycles. The van der Waals surface area contributed by atoms with Crippen LogP contribution in [0.15, 0.2) is 30.3 Å². The van der Waals surface area contributed by atoms with Crippen LogP contribution in [-0.4, -0.2) is 45.8 Å². The van der Waals surface area contributed by atoms with Crippen LogP contribution in [0.25, 0.3) is 0 Å². The van der Waals surface area contributed by atoms with Gasteiger partial charge in [-0.1, -0.05) is 6.07 Å². The van der Waals surface area contributed by atoms with Crippen molar-refractivity contribution in [1.29, 1.82) is 0 Å². The highest BCUT2D eigenvalue weighted by molar-refractivity contribution is 5.75. The first-order valence-corrected chi connectivity index (χ1v) is 9.58. The summed E-state index contributed by atoms with van der Waals surface area (Å²) in [4.78, 5) is 12.5. The summed E-state index contributed by atoms with van der Waals surface area (Å²) in [5.41, 5.74) is 1.47. The number of aliphatic hydroxyl groups is 1. The van der Waals surface area contributed by atoms with E-state index < -0.39 is 17.9 Å². The van der Waals surface area contributed by atoms with Gasteiger partial charge in [0.05, 0.1) is 40.0 Å². The Morgan fingerprint density at radius 3 is 2.37 bits per heavy atom. The van der Waals surface area contributed by atoms with Crippen LogP contribution >= 0.6 is 0 Å². The molecule has 2 aliphatic rings. The van der Waals surface area contributed by atoms with Crippen LogP contribution in [0.3, 0.4) is 0 Å². The molecule has 0 aromatic heterocycles. The molecule has 0 amide bonds. The van der Waals surface area contributed by atoms with Crippen molar-refractivity contribution in [3.8, 4) is 28.7 Å². The molecule has 0 radical (unpaired) electrons. The number of carbonyl (C=O) groups is 1. The standard InChI is InChI=1S/C22H24O8/c1-25-18-7-12(8-19(26-2)21(18)27-3)6-14-15(10-28-22(14)24)20(23)13-4-5-16-17(9-13)30-11-29-16/h4-5,7-9,14-15,20,23H,6,10-11H2,1-3H3. The molecular formula is C22H24O8. The molecule has 2 aromatic rings. The molecule has 8 heteroatoms. The smallest absolute Gasteiger partial charge is 0.309 e. The van der Waals surface area contributed by atoms with E-state index in [1.165, 1.54) is 21.3 Å². The van der Waals surface area contributed by atoms with Crippen molar-refractivity contribution in [2.75, 3.05) is 34.7 Å². The summed E-state index contributed by atoms with van der Waals surface area (Å²) in [6.45, 7) is 0.299. The largest absolute Gasteiger partial charge is 0.493 e. The highest BCUT2D eigenvalue weighted by Gasteiger charge is 2.42. The van der Waals surface area contributed by atoms with Gasteiger partial charge in [-0.15, -0.1) is 0 Å². The minimum atomic E-state index is -0.891. The van der Waals surface area contributed by atoms with Gasteiger partial charge in [-0.05, 0) is 41.8 Å². The van der Waals surface area contributed by atoms with E-state index in [9.17, 15) is 9.90 Å². The first-order chi connectivity index (χ1) is 14.5. The van der Waals surface area contributed by atoms with Crippen molar-refractivity contribution in [3.63, 3.8) is 0 Å². The average molecular weight is 416 g/mol. The summed E-state index contributed by atoms with van der Waals surface area (Å²) in [6.07, 6.45) is -0.528. The lowest BCUT2D eigenvalue weighted by Crippen LogP contribution is -2.24. The zero-order valence-corrected chi connectivity index (χ0v) is 17.0. The molecule has 0 bridgehead atoms. The van der Waals surface area contributed by atoms with Gasteiger partial charge in [-0.2, -0.15) is 0 Å². The number of fused-ring (bicyclic) bond motifs is 1. The number of hydrogen-bond donors (Lipinski definition) is 1. The number of methoxy groups -OCH3 is 3. The van der Waals surface area contributed by atoms with E-state index in [2.05, 4.69) is 0 Å². The fourth-order valence-corrected chi connectivity index (χ4v) is 3.97. The number of ether oxygens (including phenoxy) is 6. The van der Waals surface area contributed by atoms with Gasteiger partial charge in [0.25, 0.3) is 0 Å². The number of hydrogen-bond acceptors (Lipinski definition) is 8. The molecule has 0 aliphatic carbocycles. The Balaban J connectivity index is 1.59. The van der Waals surface area contributed by atoms with Gasteiger partial charge >= 0.3 is 5.97 Å². The predicted molar refractivity (Wildman–Crippen MR) is 105 cm³/mol. The Hall–Kier alpha value is -3.13. The number of esters is 1. The van der Waals surface area contributed by atoms with Gasteiger partial charge < -0.3 is 33.5 Å². The fraction of sp³-hybridized carbons (Fsp3) is 0.409. The van der Waals surface area contributed by atoms with Crippen molar-refractivity contribution in [2.24, 2.45) is 11.8 Å². The normalized spacial score (nSPS) is 20.6. The van der Waals surface area contributed by atoms with Crippen LogP contribution in [0, 0.1) is 11.8 Å². The third kappa shape index (κ3) is 3.59. The van der Waals surface area contributed by atoms with E-state index in [0.29, 0.717) is 40.7 Å². The molecule has 160 valence electrons. The molecule has 30 heavy (non-hydrogen) atoms. The second-order valence-electron chi connectivity index (χ2n) is 7.20. The van der Waals surface area contributed by atoms with Crippen LogP contribution in [-0.2, 0) is 16.0 Å². The van der Waals surface area contributed by atoms with Crippen molar-refractivity contribution >= 4 is 5.97 Å². The summed E-state index contributed by atoms with van der Waals surface area (Å²) in [7, 11) is 4.61. The van der Waals surface area contributed by atoms with E-state index in [1.54, 1.807) is 30.3 Å². The van der Waals surface area contributed by atoms with Crippen LogP contribution in [0.1, 0.15) is 17.2 Å². The Labute approximate surface area is 174 Å². The van der Waals surface area contributed by atoms with Crippen LogP contribution < -0.4 is 23.7 Å². The second kappa shape index (κ2) is 8.31. The maximum atomic E-state index is 12.5. The van der Waals surface area contributed by atoms with Crippen molar-refractivity contribution in [2.45, 2.75) is 12.5 Å². The first kappa shape index (κ1) is 20.2. The monoisotopic (exact) mass is 416 g/mol. The topological polar surface area (TPSA) is 92.7 Å². The maximum Gasteiger partial charge on any atom is 0.309 e. The zero-order chi connectivity index (χ0) is 21.3. The lowest BCUT2D eigenvalue weighted by Gasteiger charge is -2.22. The summed E-state index contributed by atoms with van der Waals surface area (Å²) >= 11 is 0. The predicted octanol–water partition coefficient (Wildman–Crippen LogP) is 2.51. The summed E-state index contributed by atoms with van der Waals surface area (Å²) in [5, 5.41) is 11.0. The molecule has 8 nitrogen and oxygen atoms in total. The lowest BCUT2D eigenvalue weighted by molar-refractivity contribution is -0.141. The number of rotatable bonds is 7. The number of cyclic esters (lactones) is 1. The lowest BCUT2D eigenvalue weighted by atomic mass is 9.83. The highest BCUT2D eigenvalue weighted by atomic mass is 16.7. The second-order valence-corrected chi connectivity index (χ2v) is 7.20. The van der Waals surface area contributed by atoms with Gasteiger partial charge in [-0.3, -0.25) is 4.79 Å². The Morgan fingerprint density at radius 1 is 1.00 bits per heavy atom. The quantitative estimate of drug-likeness (QED) is 0.689. The number of benzene rings is 2. The maximum absolute atomic E-state index is 12.5. The highest BCUT2D eigenvalue weighted by Crippen LogP contribution is 2.42. The summed E-state index contributed by atoms with van der Waals surface area (Å²) in [6, 6.07) is 8.88. The van der Waals surface area contributed by atoms with E-state index in [0.717, 1.165) is 5.56 Å². The summed E-state index contributed by atoms with van der Waals surface area (Å²) in [5.74, 6) is 1.45. The van der Waals surface area contributed by atoms with E-state index in [-0.39, 0.29) is 19.4 Å². The van der Waals surface area contributed by atoms with Crippen molar-refractivity contribution in [1.82, 2.24) is 0 Å². The zero-order valence-electron chi connectivity index (χ0n) is 17.0. The molecular weight excluding hydrogens is 392 g/mol. The van der Waals surface area contributed by atoms with Gasteiger partial charge in [0.15, 0.2) is 23.0 Å². The molecule has 4 rings (SSSR count). The van der Waals surface area contributed by atoms with E-state index >= 15 is 0 Å². The molecule has 2 heterocycles. The Kier molecular flexibility index (Phi) is 5.59. The third-order valence-corrected chi connectivity index (χ3v) is 5.56. The molecule has 1 fully saturated rings. The Bertz CT molecular complexity index is 916.